The van der Waals surface area contributed by atoms with Crippen molar-refractivity contribution in [3.63, 3.8) is 0 Å². The lowest BCUT2D eigenvalue weighted by Gasteiger charge is -2.36. The average molecular weight is 598 g/mol. The number of alkyl halides is 3. The van der Waals surface area contributed by atoms with Gasteiger partial charge in [0.1, 0.15) is 12.4 Å². The Morgan fingerprint density at radius 3 is 2.60 bits per heavy atom. The number of likely N-dealkylation sites (tertiary alicyclic amines) is 1. The maximum Gasteiger partial charge on any atom is 0.406 e. The van der Waals surface area contributed by atoms with Crippen molar-refractivity contribution in [2.24, 2.45) is 5.41 Å². The summed E-state index contributed by atoms with van der Waals surface area (Å²) < 4.78 is 55.0. The lowest BCUT2D eigenvalue weighted by molar-refractivity contribution is -0.169. The van der Waals surface area contributed by atoms with Crippen molar-refractivity contribution in [3.05, 3.63) is 75.0 Å². The van der Waals surface area contributed by atoms with E-state index < -0.39 is 29.9 Å². The minimum Gasteiger partial charge on any atom is -0.343 e. The van der Waals surface area contributed by atoms with Gasteiger partial charge in [0.2, 0.25) is 11.8 Å². The van der Waals surface area contributed by atoms with Gasteiger partial charge in [-0.05, 0) is 67.9 Å². The molecule has 12 heteroatoms. The van der Waals surface area contributed by atoms with Gasteiger partial charge in [0.25, 0.3) is 5.56 Å². The molecule has 0 saturated carbocycles. The van der Waals surface area contributed by atoms with Crippen LogP contribution in [0, 0.1) is 18.2 Å². The number of carbonyl (C=O) groups excluding carboxylic acids is 2. The van der Waals surface area contributed by atoms with Crippen LogP contribution in [-0.2, 0) is 22.6 Å². The number of fused-ring (bicyclic) bond motifs is 4. The SMILES string of the molecule is Cc1cc2c(c3cn[nH]c13)CN(CC(F)(F)F)C(=O)C(C)(CC(=O)N1CCC(c3cc4cccc(F)c4[nH]c3=O)CC1)C2. The molecule has 1 atom stereocenters. The number of amides is 2. The second-order valence-electron chi connectivity index (χ2n) is 12.1. The topological polar surface area (TPSA) is 102 Å². The largest absolute Gasteiger partial charge is 0.406 e. The summed E-state index contributed by atoms with van der Waals surface area (Å²) in [5.74, 6) is -1.69. The summed E-state index contributed by atoms with van der Waals surface area (Å²) in [6.45, 7) is 2.44. The number of para-hydroxylation sites is 1. The van der Waals surface area contributed by atoms with E-state index in [1.165, 1.54) is 6.07 Å². The second-order valence-corrected chi connectivity index (χ2v) is 12.1. The molecule has 6 rings (SSSR count). The first-order valence-corrected chi connectivity index (χ1v) is 14.2. The van der Waals surface area contributed by atoms with Crippen LogP contribution in [0.1, 0.15) is 54.4 Å². The Morgan fingerprint density at radius 1 is 1.14 bits per heavy atom. The zero-order valence-electron chi connectivity index (χ0n) is 23.8. The highest BCUT2D eigenvalue weighted by molar-refractivity contribution is 5.92. The molecule has 43 heavy (non-hydrogen) atoms. The molecule has 1 fully saturated rings. The number of rotatable bonds is 4. The number of H-pyrrole nitrogens is 2. The van der Waals surface area contributed by atoms with Crippen LogP contribution in [0.15, 0.2) is 41.3 Å². The molecule has 4 aromatic rings. The van der Waals surface area contributed by atoms with Crippen LogP contribution < -0.4 is 5.56 Å². The van der Waals surface area contributed by atoms with Gasteiger partial charge in [0.15, 0.2) is 0 Å². The number of piperidine rings is 1. The molecule has 0 spiro atoms. The number of aromatic amines is 2. The third-order valence-corrected chi connectivity index (χ3v) is 8.93. The quantitative estimate of drug-likeness (QED) is 0.320. The zero-order valence-corrected chi connectivity index (χ0v) is 23.8. The minimum absolute atomic E-state index is 0.114. The number of hydrogen-bond donors (Lipinski definition) is 2. The highest BCUT2D eigenvalue weighted by Gasteiger charge is 2.46. The van der Waals surface area contributed by atoms with Crippen LogP contribution in [0.2, 0.25) is 0 Å². The van der Waals surface area contributed by atoms with Gasteiger partial charge in [-0.25, -0.2) is 4.39 Å². The number of carbonyl (C=O) groups is 2. The van der Waals surface area contributed by atoms with Crippen LogP contribution in [-0.4, -0.2) is 62.6 Å². The van der Waals surface area contributed by atoms with Gasteiger partial charge in [-0.1, -0.05) is 18.2 Å². The molecule has 2 aliphatic heterocycles. The maximum atomic E-state index is 14.1. The molecule has 1 saturated heterocycles. The van der Waals surface area contributed by atoms with Gasteiger partial charge < -0.3 is 14.8 Å². The molecule has 0 radical (unpaired) electrons. The molecular weight excluding hydrogens is 566 g/mol. The number of pyridine rings is 1. The lowest BCUT2D eigenvalue weighted by atomic mass is 9.78. The van der Waals surface area contributed by atoms with Crippen molar-refractivity contribution in [1.82, 2.24) is 25.0 Å². The van der Waals surface area contributed by atoms with E-state index in [1.54, 1.807) is 36.2 Å². The highest BCUT2D eigenvalue weighted by Crippen LogP contribution is 2.40. The Kier molecular flexibility index (Phi) is 7.05. The first kappa shape index (κ1) is 28.9. The first-order chi connectivity index (χ1) is 20.3. The molecule has 226 valence electrons. The number of nitrogens with one attached hydrogen (secondary N) is 2. The summed E-state index contributed by atoms with van der Waals surface area (Å²) in [6, 6.07) is 8.13. The fraction of sp³-hybridized carbons (Fsp3) is 0.419. The number of nitrogens with zero attached hydrogens (tertiary/aromatic N) is 3. The molecule has 1 unspecified atom stereocenters. The van der Waals surface area contributed by atoms with Crippen molar-refractivity contribution in [2.45, 2.75) is 58.2 Å². The molecule has 2 aliphatic rings. The Labute approximate surface area is 244 Å². The van der Waals surface area contributed by atoms with E-state index in [4.69, 9.17) is 0 Å². The van der Waals surface area contributed by atoms with Gasteiger partial charge in [-0.2, -0.15) is 18.3 Å². The lowest BCUT2D eigenvalue weighted by Crippen LogP contribution is -2.48. The monoisotopic (exact) mass is 597 g/mol. The molecule has 2 amide bonds. The van der Waals surface area contributed by atoms with Crippen LogP contribution >= 0.6 is 0 Å². The predicted octanol–water partition coefficient (Wildman–Crippen LogP) is 5.10. The van der Waals surface area contributed by atoms with E-state index >= 15 is 0 Å². The highest BCUT2D eigenvalue weighted by atomic mass is 19.4. The van der Waals surface area contributed by atoms with E-state index in [0.717, 1.165) is 16.0 Å². The molecule has 8 nitrogen and oxygen atoms in total. The minimum atomic E-state index is -4.61. The fourth-order valence-electron chi connectivity index (χ4n) is 6.78. The average Bonchev–Trinajstić information content (AvgIpc) is 3.41. The van der Waals surface area contributed by atoms with Crippen molar-refractivity contribution >= 4 is 33.6 Å². The molecular formula is C31H31F4N5O3. The summed E-state index contributed by atoms with van der Waals surface area (Å²) in [7, 11) is 0. The van der Waals surface area contributed by atoms with Crippen molar-refractivity contribution in [1.29, 1.82) is 0 Å². The van der Waals surface area contributed by atoms with E-state index in [9.17, 15) is 31.9 Å². The molecule has 0 bridgehead atoms. The Morgan fingerprint density at radius 2 is 1.88 bits per heavy atom. The second kappa shape index (κ2) is 10.5. The van der Waals surface area contributed by atoms with E-state index in [1.807, 2.05) is 13.0 Å². The van der Waals surface area contributed by atoms with Crippen molar-refractivity contribution in [3.8, 4) is 0 Å². The van der Waals surface area contributed by atoms with Crippen LogP contribution in [0.25, 0.3) is 21.8 Å². The van der Waals surface area contributed by atoms with Gasteiger partial charge in [-0.15, -0.1) is 0 Å². The fourth-order valence-corrected chi connectivity index (χ4v) is 6.78. The van der Waals surface area contributed by atoms with Gasteiger partial charge in [0, 0.05) is 42.4 Å². The van der Waals surface area contributed by atoms with E-state index in [2.05, 4.69) is 15.2 Å². The number of halogens is 4. The predicted molar refractivity (Wildman–Crippen MR) is 152 cm³/mol. The van der Waals surface area contributed by atoms with Gasteiger partial charge in [-0.3, -0.25) is 19.5 Å². The zero-order chi connectivity index (χ0) is 30.7. The number of aromatic nitrogens is 3. The number of aryl methyl sites for hydroxylation is 1. The van der Waals surface area contributed by atoms with Gasteiger partial charge in [0.05, 0.1) is 22.6 Å². The standard InChI is InChI=1S/C31H31F4N5O3/c1-17-10-20-12-30(2,29(43)40(16-31(33,34)35)15-23(20)22-14-36-38-26(17)22)13-25(41)39-8-6-18(7-9-39)21-11-19-4-3-5-24(32)27(19)37-28(21)42/h3-5,10-11,14,18H,6-9,12-13,15-16H2,1-2H3,(H,36,38)(H,37,42). The molecule has 2 aromatic carbocycles. The third-order valence-electron chi connectivity index (χ3n) is 8.93. The third kappa shape index (κ3) is 5.38. The normalized spacial score (nSPS) is 20.1. The summed E-state index contributed by atoms with van der Waals surface area (Å²) >= 11 is 0. The maximum absolute atomic E-state index is 14.1. The Hall–Kier alpha value is -4.22. The van der Waals surface area contributed by atoms with Crippen LogP contribution in [0.4, 0.5) is 17.6 Å². The molecule has 4 heterocycles. The first-order valence-electron chi connectivity index (χ1n) is 14.2. The smallest absolute Gasteiger partial charge is 0.343 e. The van der Waals surface area contributed by atoms with Crippen molar-refractivity contribution in [2.75, 3.05) is 19.6 Å². The van der Waals surface area contributed by atoms with E-state index in [-0.39, 0.29) is 42.3 Å². The number of hydrogen-bond acceptors (Lipinski definition) is 4. The summed E-state index contributed by atoms with van der Waals surface area (Å²) in [5.41, 5.74) is 1.79. The Balaban J connectivity index is 1.23. The summed E-state index contributed by atoms with van der Waals surface area (Å²) in [6.07, 6.45) is -2.21. The summed E-state index contributed by atoms with van der Waals surface area (Å²) in [5, 5.41) is 8.20. The molecule has 2 N–H and O–H groups in total. The van der Waals surface area contributed by atoms with Gasteiger partial charge >= 0.3 is 6.18 Å². The number of benzene rings is 2. The van der Waals surface area contributed by atoms with E-state index in [0.29, 0.717) is 53.3 Å². The van der Waals surface area contributed by atoms with Crippen molar-refractivity contribution < 1.29 is 27.2 Å². The summed E-state index contributed by atoms with van der Waals surface area (Å²) in [4.78, 5) is 45.2. The molecule has 2 aromatic heterocycles. The molecule has 0 aliphatic carbocycles. The van der Waals surface area contributed by atoms with Crippen LogP contribution in [0.5, 0.6) is 0 Å². The van der Waals surface area contributed by atoms with Crippen LogP contribution in [0.3, 0.4) is 0 Å². The Bertz CT molecular complexity index is 1810.